The van der Waals surface area contributed by atoms with E-state index in [1.54, 1.807) is 0 Å². The Morgan fingerprint density at radius 1 is 1.45 bits per heavy atom. The minimum Gasteiger partial charge on any atom is -0.341 e. The summed E-state index contributed by atoms with van der Waals surface area (Å²) >= 11 is 0. The van der Waals surface area contributed by atoms with Gasteiger partial charge in [0, 0.05) is 43.9 Å². The van der Waals surface area contributed by atoms with E-state index in [4.69, 9.17) is 0 Å². The van der Waals surface area contributed by atoms with E-state index < -0.39 is 0 Å². The topological polar surface area (TPSA) is 41.4 Å². The third kappa shape index (κ3) is 4.09. The predicted octanol–water partition coefficient (Wildman–Crippen LogP) is 2.43. The minimum atomic E-state index is 0.239. The van der Waals surface area contributed by atoms with Gasteiger partial charge in [-0.05, 0) is 46.7 Å². The highest BCUT2D eigenvalue weighted by Gasteiger charge is 2.21. The van der Waals surface area contributed by atoms with Crippen LogP contribution in [-0.2, 0) is 17.9 Å². The number of nitrogens with zero attached hydrogens (tertiary/aromatic N) is 4. The molecule has 0 N–H and O–H groups in total. The zero-order chi connectivity index (χ0) is 16.1. The Morgan fingerprint density at radius 3 is 2.86 bits per heavy atom. The highest BCUT2D eigenvalue weighted by Crippen LogP contribution is 2.19. The lowest BCUT2D eigenvalue weighted by Gasteiger charge is -2.32. The zero-order valence-corrected chi connectivity index (χ0v) is 14.5. The average Bonchev–Trinajstić information content (AvgIpc) is 2.86. The Labute approximate surface area is 134 Å². The van der Waals surface area contributed by atoms with Crippen LogP contribution in [0.25, 0.3) is 0 Å². The molecule has 0 unspecified atom stereocenters. The number of carbonyl (C=O) groups is 1. The smallest absolute Gasteiger partial charge is 0.222 e. The van der Waals surface area contributed by atoms with Gasteiger partial charge in [0.25, 0.3) is 0 Å². The molecule has 5 heteroatoms. The molecule has 0 aliphatic carbocycles. The Kier molecular flexibility index (Phi) is 6.00. The molecule has 1 aromatic rings. The van der Waals surface area contributed by atoms with Crippen molar-refractivity contribution in [1.82, 2.24) is 19.6 Å². The summed E-state index contributed by atoms with van der Waals surface area (Å²) in [5, 5.41) is 4.35. The van der Waals surface area contributed by atoms with Crippen LogP contribution in [0.3, 0.4) is 0 Å². The molecule has 1 aliphatic heterocycles. The van der Waals surface area contributed by atoms with E-state index >= 15 is 0 Å². The Morgan fingerprint density at radius 2 is 2.23 bits per heavy atom. The van der Waals surface area contributed by atoms with Crippen molar-refractivity contribution >= 4 is 5.91 Å². The molecule has 0 spiro atoms. The summed E-state index contributed by atoms with van der Waals surface area (Å²) in [5.41, 5.74) is 2.31. The number of hydrogen-bond donors (Lipinski definition) is 0. The molecule has 22 heavy (non-hydrogen) atoms. The standard InChI is InChI=1S/C17H30N4O/c1-5-21-14(2)15(12-18-21)13-20(4)17(22)10-9-16-8-6-7-11-19(16)3/h12,16H,5-11,13H2,1-4H3/t16-/m1/s1. The molecule has 124 valence electrons. The van der Waals surface area contributed by atoms with Crippen LogP contribution >= 0.6 is 0 Å². The fourth-order valence-corrected chi connectivity index (χ4v) is 3.29. The van der Waals surface area contributed by atoms with Gasteiger partial charge in [0.2, 0.25) is 5.91 Å². The number of likely N-dealkylation sites (tertiary alicyclic amines) is 1. The highest BCUT2D eigenvalue weighted by atomic mass is 16.2. The molecule has 1 fully saturated rings. The van der Waals surface area contributed by atoms with Crippen LogP contribution in [-0.4, -0.2) is 52.2 Å². The van der Waals surface area contributed by atoms with Crippen molar-refractivity contribution in [2.45, 2.75) is 65.1 Å². The molecular formula is C17H30N4O. The summed E-state index contributed by atoms with van der Waals surface area (Å²) in [6.07, 6.45) is 7.34. The van der Waals surface area contributed by atoms with Crippen molar-refractivity contribution in [3.05, 3.63) is 17.5 Å². The van der Waals surface area contributed by atoms with Crippen molar-refractivity contribution < 1.29 is 4.79 Å². The van der Waals surface area contributed by atoms with Gasteiger partial charge in [0.1, 0.15) is 0 Å². The number of aryl methyl sites for hydroxylation is 1. The maximum atomic E-state index is 12.4. The average molecular weight is 306 g/mol. The van der Waals surface area contributed by atoms with Gasteiger partial charge in [-0.25, -0.2) is 0 Å². The number of amides is 1. The molecule has 2 heterocycles. The zero-order valence-electron chi connectivity index (χ0n) is 14.5. The van der Waals surface area contributed by atoms with Crippen LogP contribution < -0.4 is 0 Å². The lowest BCUT2D eigenvalue weighted by molar-refractivity contribution is -0.130. The van der Waals surface area contributed by atoms with Gasteiger partial charge in [0.15, 0.2) is 0 Å². The van der Waals surface area contributed by atoms with Crippen LogP contribution in [0.5, 0.6) is 0 Å². The summed E-state index contributed by atoms with van der Waals surface area (Å²) in [6.45, 7) is 6.85. The van der Waals surface area contributed by atoms with Gasteiger partial charge in [-0.2, -0.15) is 5.10 Å². The second kappa shape index (κ2) is 7.77. The molecule has 0 radical (unpaired) electrons. The third-order valence-corrected chi connectivity index (χ3v) is 4.95. The van der Waals surface area contributed by atoms with Gasteiger partial charge >= 0.3 is 0 Å². The Bertz CT molecular complexity index is 497. The summed E-state index contributed by atoms with van der Waals surface area (Å²) < 4.78 is 1.98. The summed E-state index contributed by atoms with van der Waals surface area (Å²) in [6, 6.07) is 0.579. The van der Waals surface area contributed by atoms with Gasteiger partial charge in [0.05, 0.1) is 6.20 Å². The second-order valence-electron chi connectivity index (χ2n) is 6.49. The van der Waals surface area contributed by atoms with E-state index in [1.165, 1.54) is 25.8 Å². The first-order chi connectivity index (χ1) is 10.5. The number of carbonyl (C=O) groups excluding carboxylic acids is 1. The fourth-order valence-electron chi connectivity index (χ4n) is 3.29. The summed E-state index contributed by atoms with van der Waals surface area (Å²) in [4.78, 5) is 16.6. The molecular weight excluding hydrogens is 276 g/mol. The molecule has 0 bridgehead atoms. The van der Waals surface area contributed by atoms with Gasteiger partial charge < -0.3 is 9.80 Å². The molecule has 2 rings (SSSR count). The first kappa shape index (κ1) is 17.0. The lowest BCUT2D eigenvalue weighted by atomic mass is 9.98. The van der Waals surface area contributed by atoms with Gasteiger partial charge in [-0.1, -0.05) is 6.42 Å². The van der Waals surface area contributed by atoms with E-state index in [9.17, 15) is 4.79 Å². The fraction of sp³-hybridized carbons (Fsp3) is 0.765. The maximum absolute atomic E-state index is 12.4. The largest absolute Gasteiger partial charge is 0.341 e. The van der Waals surface area contributed by atoms with E-state index in [2.05, 4.69) is 30.9 Å². The SMILES string of the molecule is CCn1ncc(CN(C)C(=O)CC[C@H]2CCCCN2C)c1C. The van der Waals surface area contributed by atoms with Crippen molar-refractivity contribution in [3.63, 3.8) is 0 Å². The quantitative estimate of drug-likeness (QED) is 0.810. The Hall–Kier alpha value is -1.36. The summed E-state index contributed by atoms with van der Waals surface area (Å²) in [7, 11) is 4.08. The number of rotatable bonds is 6. The molecule has 0 aromatic carbocycles. The van der Waals surface area contributed by atoms with Crippen LogP contribution in [0.1, 0.15) is 50.3 Å². The van der Waals surface area contributed by atoms with Crippen molar-refractivity contribution in [2.75, 3.05) is 20.6 Å². The van der Waals surface area contributed by atoms with Crippen molar-refractivity contribution in [1.29, 1.82) is 0 Å². The highest BCUT2D eigenvalue weighted by molar-refractivity contribution is 5.75. The molecule has 1 aliphatic rings. The minimum absolute atomic E-state index is 0.239. The molecule has 5 nitrogen and oxygen atoms in total. The van der Waals surface area contributed by atoms with E-state index in [0.717, 1.165) is 24.2 Å². The summed E-state index contributed by atoms with van der Waals surface area (Å²) in [5.74, 6) is 0.239. The van der Waals surface area contributed by atoms with Crippen LogP contribution in [0.2, 0.25) is 0 Å². The van der Waals surface area contributed by atoms with Gasteiger partial charge in [-0.15, -0.1) is 0 Å². The van der Waals surface area contributed by atoms with Crippen LogP contribution in [0, 0.1) is 6.92 Å². The predicted molar refractivity (Wildman–Crippen MR) is 88.6 cm³/mol. The first-order valence-electron chi connectivity index (χ1n) is 8.48. The third-order valence-electron chi connectivity index (χ3n) is 4.95. The second-order valence-corrected chi connectivity index (χ2v) is 6.49. The van der Waals surface area contributed by atoms with E-state index in [0.29, 0.717) is 19.0 Å². The molecule has 1 aromatic heterocycles. The monoisotopic (exact) mass is 306 g/mol. The first-order valence-corrected chi connectivity index (χ1v) is 8.48. The van der Waals surface area contributed by atoms with Gasteiger partial charge in [-0.3, -0.25) is 9.48 Å². The molecule has 1 saturated heterocycles. The normalized spacial score (nSPS) is 19.4. The number of piperidine rings is 1. The lowest BCUT2D eigenvalue weighted by Crippen LogP contribution is -2.37. The number of aromatic nitrogens is 2. The van der Waals surface area contributed by atoms with Crippen molar-refractivity contribution in [3.8, 4) is 0 Å². The van der Waals surface area contributed by atoms with E-state index in [-0.39, 0.29) is 5.91 Å². The maximum Gasteiger partial charge on any atom is 0.222 e. The number of hydrogen-bond acceptors (Lipinski definition) is 3. The van der Waals surface area contributed by atoms with Crippen LogP contribution in [0.15, 0.2) is 6.20 Å². The molecule has 0 saturated carbocycles. The van der Waals surface area contributed by atoms with E-state index in [1.807, 2.05) is 22.8 Å². The molecule has 1 atom stereocenters. The van der Waals surface area contributed by atoms with Crippen molar-refractivity contribution in [2.24, 2.45) is 0 Å². The Balaban J connectivity index is 1.82. The van der Waals surface area contributed by atoms with Crippen LogP contribution in [0.4, 0.5) is 0 Å². The molecule has 1 amide bonds.